The van der Waals surface area contributed by atoms with Crippen LogP contribution in [0.4, 0.5) is 11.8 Å². The van der Waals surface area contributed by atoms with E-state index in [0.717, 1.165) is 4.88 Å². The van der Waals surface area contributed by atoms with Crippen molar-refractivity contribution < 1.29 is 9.21 Å². The minimum atomic E-state index is -0.279. The van der Waals surface area contributed by atoms with Gasteiger partial charge >= 0.3 is 0 Å². The van der Waals surface area contributed by atoms with Gasteiger partial charge in [0.25, 0.3) is 5.91 Å². The molecule has 7 nitrogen and oxygen atoms in total. The van der Waals surface area contributed by atoms with E-state index in [1.165, 1.54) is 10.9 Å². The average molecular weight is 343 g/mol. The first kappa shape index (κ1) is 16.0. The summed E-state index contributed by atoms with van der Waals surface area (Å²) in [6.07, 6.45) is 1.58. The molecular weight excluding hydrogens is 326 g/mol. The molecule has 0 bridgehead atoms. The number of carbonyl (C=O) groups is 1. The number of thiophene rings is 1. The van der Waals surface area contributed by atoms with Crippen molar-refractivity contribution in [2.24, 2.45) is 0 Å². The fraction of sp³-hybridized carbons (Fsp3) is 0.188. The third-order valence-corrected chi connectivity index (χ3v) is 4.32. The molecule has 1 amide bonds. The Balaban J connectivity index is 1.88. The predicted molar refractivity (Wildman–Crippen MR) is 92.2 cm³/mol. The van der Waals surface area contributed by atoms with Crippen LogP contribution in [0.3, 0.4) is 0 Å². The largest absolute Gasteiger partial charge is 0.467 e. The fourth-order valence-electron chi connectivity index (χ4n) is 2.31. The summed E-state index contributed by atoms with van der Waals surface area (Å²) in [5.74, 6) is 0.545. The topological polar surface area (TPSA) is 111 Å². The number of aryl methyl sites for hydroxylation is 1. The molecule has 8 heteroatoms. The highest BCUT2D eigenvalue weighted by atomic mass is 32.1. The lowest BCUT2D eigenvalue weighted by Gasteiger charge is -2.21. The molecule has 0 aromatic carbocycles. The van der Waals surface area contributed by atoms with Crippen LogP contribution in [0.2, 0.25) is 0 Å². The van der Waals surface area contributed by atoms with Crippen molar-refractivity contribution in [2.75, 3.05) is 11.5 Å². The zero-order valence-corrected chi connectivity index (χ0v) is 13.9. The number of rotatable bonds is 5. The van der Waals surface area contributed by atoms with E-state index in [1.807, 2.05) is 25.1 Å². The minimum absolute atomic E-state index is 0.0248. The molecule has 0 aliphatic heterocycles. The number of nitrogen functional groups attached to an aromatic ring is 2. The van der Waals surface area contributed by atoms with Crippen LogP contribution in [0.25, 0.3) is 0 Å². The van der Waals surface area contributed by atoms with E-state index in [4.69, 9.17) is 15.9 Å². The van der Waals surface area contributed by atoms with Gasteiger partial charge in [0, 0.05) is 15.8 Å². The zero-order valence-electron chi connectivity index (χ0n) is 13.1. The Morgan fingerprint density at radius 1 is 1.25 bits per heavy atom. The Kier molecular flexibility index (Phi) is 4.48. The highest BCUT2D eigenvalue weighted by Gasteiger charge is 2.20. The van der Waals surface area contributed by atoms with Gasteiger partial charge < -0.3 is 20.8 Å². The summed E-state index contributed by atoms with van der Waals surface area (Å²) in [6, 6.07) is 9.06. The highest BCUT2D eigenvalue weighted by Crippen LogP contribution is 2.20. The lowest BCUT2D eigenvalue weighted by molar-refractivity contribution is 0.0713. The first-order valence-corrected chi connectivity index (χ1v) is 8.10. The summed E-state index contributed by atoms with van der Waals surface area (Å²) in [5.41, 5.74) is 11.4. The lowest BCUT2D eigenvalue weighted by atomic mass is 10.3. The second-order valence-corrected chi connectivity index (χ2v) is 6.66. The number of aromatic nitrogens is 2. The van der Waals surface area contributed by atoms with Gasteiger partial charge in [-0.3, -0.25) is 4.79 Å². The van der Waals surface area contributed by atoms with E-state index >= 15 is 0 Å². The van der Waals surface area contributed by atoms with E-state index in [9.17, 15) is 4.79 Å². The molecule has 4 N–H and O–H groups in total. The summed E-state index contributed by atoms with van der Waals surface area (Å²) in [4.78, 5) is 24.6. The summed E-state index contributed by atoms with van der Waals surface area (Å²) < 4.78 is 5.37. The van der Waals surface area contributed by atoms with Crippen molar-refractivity contribution in [3.63, 3.8) is 0 Å². The van der Waals surface area contributed by atoms with Crippen molar-refractivity contribution in [1.82, 2.24) is 14.9 Å². The Bertz CT molecular complexity index is 824. The Labute approximate surface area is 142 Å². The summed E-state index contributed by atoms with van der Waals surface area (Å²) >= 11 is 1.64. The maximum Gasteiger partial charge on any atom is 0.273 e. The number of hydrogen-bond acceptors (Lipinski definition) is 7. The fourth-order valence-corrected chi connectivity index (χ4v) is 3.21. The van der Waals surface area contributed by atoms with Crippen molar-refractivity contribution in [3.05, 3.63) is 57.8 Å². The molecule has 0 unspecified atom stereocenters. The SMILES string of the molecule is Cc1ccc(CN(Cc2ccco2)C(=O)c2cc(N)nc(N)n2)s1. The minimum Gasteiger partial charge on any atom is -0.467 e. The molecule has 0 aliphatic rings. The number of anilines is 2. The van der Waals surface area contributed by atoms with Gasteiger partial charge in [-0.2, -0.15) is 4.98 Å². The Morgan fingerprint density at radius 3 is 2.71 bits per heavy atom. The van der Waals surface area contributed by atoms with Gasteiger partial charge in [-0.25, -0.2) is 4.98 Å². The first-order chi connectivity index (χ1) is 11.5. The summed E-state index contributed by atoms with van der Waals surface area (Å²) in [5, 5.41) is 0. The van der Waals surface area contributed by atoms with Gasteiger partial charge in [-0.1, -0.05) is 0 Å². The van der Waals surface area contributed by atoms with Crippen molar-refractivity contribution >= 4 is 29.0 Å². The monoisotopic (exact) mass is 343 g/mol. The standard InChI is InChI=1S/C16H17N5O2S/c1-10-4-5-12(24-10)9-21(8-11-3-2-6-23-11)15(22)13-7-14(17)20-16(18)19-13/h2-7H,8-9H2,1H3,(H4,17,18,19,20). The number of carbonyl (C=O) groups excluding carboxylic acids is 1. The van der Waals surface area contributed by atoms with Crippen LogP contribution in [0.1, 0.15) is 26.0 Å². The third-order valence-electron chi connectivity index (χ3n) is 3.34. The summed E-state index contributed by atoms with van der Waals surface area (Å²) in [6.45, 7) is 2.80. The maximum atomic E-state index is 12.9. The third kappa shape index (κ3) is 3.72. The van der Waals surface area contributed by atoms with Gasteiger partial charge in [-0.15, -0.1) is 11.3 Å². The normalized spacial score (nSPS) is 10.7. The Hall–Kier alpha value is -2.87. The van der Waals surface area contributed by atoms with Crippen molar-refractivity contribution in [2.45, 2.75) is 20.0 Å². The smallest absolute Gasteiger partial charge is 0.273 e. The lowest BCUT2D eigenvalue weighted by Crippen LogP contribution is -2.30. The van der Waals surface area contributed by atoms with Crippen molar-refractivity contribution in [1.29, 1.82) is 0 Å². The second-order valence-electron chi connectivity index (χ2n) is 5.29. The van der Waals surface area contributed by atoms with Crippen LogP contribution < -0.4 is 11.5 Å². The zero-order chi connectivity index (χ0) is 17.1. The van der Waals surface area contributed by atoms with E-state index in [-0.39, 0.29) is 23.4 Å². The van der Waals surface area contributed by atoms with Gasteiger partial charge in [0.2, 0.25) is 5.95 Å². The van der Waals surface area contributed by atoms with Gasteiger partial charge in [-0.05, 0) is 31.2 Å². The molecule has 0 aliphatic carbocycles. The van der Waals surface area contributed by atoms with Crippen LogP contribution in [-0.2, 0) is 13.1 Å². The number of furan rings is 1. The molecule has 0 spiro atoms. The molecule has 124 valence electrons. The quantitative estimate of drug-likeness (QED) is 0.736. The van der Waals surface area contributed by atoms with Crippen LogP contribution in [0.5, 0.6) is 0 Å². The van der Waals surface area contributed by atoms with E-state index in [1.54, 1.807) is 28.6 Å². The van der Waals surface area contributed by atoms with E-state index in [0.29, 0.717) is 18.8 Å². The molecule has 3 rings (SSSR count). The van der Waals surface area contributed by atoms with Crippen LogP contribution in [0.15, 0.2) is 41.0 Å². The molecular formula is C16H17N5O2S. The van der Waals surface area contributed by atoms with Gasteiger partial charge in [0.05, 0.1) is 19.4 Å². The number of hydrogen-bond donors (Lipinski definition) is 2. The van der Waals surface area contributed by atoms with Gasteiger partial charge in [0.1, 0.15) is 17.3 Å². The Morgan fingerprint density at radius 2 is 2.08 bits per heavy atom. The van der Waals surface area contributed by atoms with Gasteiger partial charge in [0.15, 0.2) is 0 Å². The molecule has 3 aromatic rings. The second kappa shape index (κ2) is 6.71. The van der Waals surface area contributed by atoms with Crippen molar-refractivity contribution in [3.8, 4) is 0 Å². The molecule has 3 heterocycles. The van der Waals surface area contributed by atoms with Crippen LogP contribution in [-0.4, -0.2) is 20.8 Å². The average Bonchev–Trinajstić information content (AvgIpc) is 3.17. The molecule has 0 atom stereocenters. The van der Waals surface area contributed by atoms with Crippen LogP contribution >= 0.6 is 11.3 Å². The molecule has 0 fully saturated rings. The maximum absolute atomic E-state index is 12.9. The molecule has 0 saturated heterocycles. The molecule has 24 heavy (non-hydrogen) atoms. The van der Waals surface area contributed by atoms with E-state index in [2.05, 4.69) is 9.97 Å². The predicted octanol–water partition coefficient (Wildman–Crippen LogP) is 2.45. The first-order valence-electron chi connectivity index (χ1n) is 7.28. The van der Waals surface area contributed by atoms with E-state index < -0.39 is 0 Å². The highest BCUT2D eigenvalue weighted by molar-refractivity contribution is 7.11. The summed E-state index contributed by atoms with van der Waals surface area (Å²) in [7, 11) is 0. The number of nitrogens with zero attached hydrogens (tertiary/aromatic N) is 3. The number of nitrogens with two attached hydrogens (primary N) is 2. The molecule has 0 saturated carbocycles. The number of amides is 1. The molecule has 3 aromatic heterocycles. The van der Waals surface area contributed by atoms with Crippen LogP contribution in [0, 0.1) is 6.92 Å². The molecule has 0 radical (unpaired) electrons.